The summed E-state index contributed by atoms with van der Waals surface area (Å²) in [4.78, 5) is 11.5. The second-order valence-electron chi connectivity index (χ2n) is 4.63. The first-order valence-electron chi connectivity index (χ1n) is 5.73. The molecule has 2 aliphatic rings. The van der Waals surface area contributed by atoms with Gasteiger partial charge in [-0.3, -0.25) is 4.79 Å². The summed E-state index contributed by atoms with van der Waals surface area (Å²) in [6.07, 6.45) is 1.26. The van der Waals surface area contributed by atoms with Crippen LogP contribution in [0.25, 0.3) is 0 Å². The molecule has 2 rings (SSSR count). The summed E-state index contributed by atoms with van der Waals surface area (Å²) in [5.41, 5.74) is -0.332. The number of cyclic esters (lactones) is 1. The highest BCUT2D eigenvalue weighted by Crippen LogP contribution is 2.25. The van der Waals surface area contributed by atoms with Gasteiger partial charge in [0.05, 0.1) is 31.8 Å². The lowest BCUT2D eigenvalue weighted by molar-refractivity contribution is -0.201. The molecule has 0 aromatic carbocycles. The van der Waals surface area contributed by atoms with E-state index >= 15 is 0 Å². The molecule has 17 heavy (non-hydrogen) atoms. The van der Waals surface area contributed by atoms with E-state index < -0.39 is 0 Å². The van der Waals surface area contributed by atoms with Crippen LogP contribution in [0, 0.1) is 5.41 Å². The van der Waals surface area contributed by atoms with Gasteiger partial charge >= 0.3 is 5.97 Å². The molecule has 0 saturated carbocycles. The molecular formula is C11H17IO5. The van der Waals surface area contributed by atoms with Crippen LogP contribution in [0.3, 0.4) is 0 Å². The fourth-order valence-electron chi connectivity index (χ4n) is 1.89. The molecule has 1 atom stereocenters. The third-order valence-corrected chi connectivity index (χ3v) is 3.87. The number of esters is 1. The molecule has 2 aliphatic heterocycles. The van der Waals surface area contributed by atoms with E-state index in [1.54, 1.807) is 0 Å². The van der Waals surface area contributed by atoms with Gasteiger partial charge in [0, 0.05) is 10.3 Å². The minimum atomic E-state index is -0.332. The monoisotopic (exact) mass is 356 g/mol. The molecule has 98 valence electrons. The first-order chi connectivity index (χ1) is 8.20. The van der Waals surface area contributed by atoms with Crippen molar-refractivity contribution in [1.29, 1.82) is 0 Å². The van der Waals surface area contributed by atoms with Crippen molar-refractivity contribution < 1.29 is 23.7 Å². The molecule has 0 radical (unpaired) electrons. The Morgan fingerprint density at radius 2 is 1.82 bits per heavy atom. The Morgan fingerprint density at radius 1 is 1.12 bits per heavy atom. The van der Waals surface area contributed by atoms with E-state index in [0.717, 1.165) is 6.42 Å². The van der Waals surface area contributed by atoms with Crippen LogP contribution >= 0.6 is 22.6 Å². The van der Waals surface area contributed by atoms with Crippen LogP contribution in [0.15, 0.2) is 0 Å². The zero-order chi connectivity index (χ0) is 12.1. The molecule has 2 heterocycles. The summed E-state index contributed by atoms with van der Waals surface area (Å²) in [6.45, 7) is 2.84. The second kappa shape index (κ2) is 6.31. The highest BCUT2D eigenvalue weighted by atomic mass is 127. The van der Waals surface area contributed by atoms with Gasteiger partial charge < -0.3 is 18.9 Å². The first-order valence-corrected chi connectivity index (χ1v) is 6.98. The van der Waals surface area contributed by atoms with Gasteiger partial charge in [-0.05, 0) is 6.42 Å². The zero-order valence-electron chi connectivity index (χ0n) is 9.65. The Hall–Kier alpha value is 0.0800. The molecule has 0 aromatic heterocycles. The SMILES string of the molecule is O=C1CCC(I)COCC2(COCOC2)CO1. The summed E-state index contributed by atoms with van der Waals surface area (Å²) in [6, 6.07) is 0. The van der Waals surface area contributed by atoms with E-state index in [2.05, 4.69) is 22.6 Å². The highest BCUT2D eigenvalue weighted by molar-refractivity contribution is 14.1. The largest absolute Gasteiger partial charge is 0.465 e. The Balaban J connectivity index is 1.97. The predicted octanol–water partition coefficient (Wildman–Crippen LogP) is 1.13. The van der Waals surface area contributed by atoms with Gasteiger partial charge in [-0.25, -0.2) is 0 Å². The Labute approximate surface area is 114 Å². The number of ether oxygens (including phenoxy) is 4. The third-order valence-electron chi connectivity index (χ3n) is 2.89. The number of alkyl halides is 1. The minimum absolute atomic E-state index is 0.140. The van der Waals surface area contributed by atoms with Crippen LogP contribution in [-0.4, -0.2) is 49.7 Å². The predicted molar refractivity (Wildman–Crippen MR) is 68.0 cm³/mol. The summed E-state index contributed by atoms with van der Waals surface area (Å²) in [7, 11) is 0. The number of rotatable bonds is 0. The molecule has 1 unspecified atom stereocenters. The fourth-order valence-corrected chi connectivity index (χ4v) is 2.46. The van der Waals surface area contributed by atoms with E-state index in [9.17, 15) is 4.79 Å². The average Bonchev–Trinajstić information content (AvgIpc) is 2.35. The Bertz CT molecular complexity index is 265. The summed E-state index contributed by atoms with van der Waals surface area (Å²) >= 11 is 2.30. The normalized spacial score (nSPS) is 30.9. The Morgan fingerprint density at radius 3 is 2.59 bits per heavy atom. The molecule has 6 heteroatoms. The summed E-state index contributed by atoms with van der Waals surface area (Å²) < 4.78 is 21.9. The lowest BCUT2D eigenvalue weighted by Crippen LogP contribution is -2.46. The number of carbonyl (C=O) groups is 1. The number of hydrogen-bond acceptors (Lipinski definition) is 5. The number of halogens is 1. The van der Waals surface area contributed by atoms with Crippen molar-refractivity contribution in [2.24, 2.45) is 5.41 Å². The lowest BCUT2D eigenvalue weighted by Gasteiger charge is -2.36. The van der Waals surface area contributed by atoms with E-state index in [1.165, 1.54) is 0 Å². The van der Waals surface area contributed by atoms with Crippen LogP contribution in [0.4, 0.5) is 0 Å². The van der Waals surface area contributed by atoms with Crippen molar-refractivity contribution in [2.75, 3.05) is 39.8 Å². The van der Waals surface area contributed by atoms with E-state index in [0.29, 0.717) is 50.2 Å². The van der Waals surface area contributed by atoms with Crippen LogP contribution in [-0.2, 0) is 23.7 Å². The molecule has 0 bridgehead atoms. The fraction of sp³-hybridized carbons (Fsp3) is 0.909. The summed E-state index contributed by atoms with van der Waals surface area (Å²) in [5, 5.41) is 0. The van der Waals surface area contributed by atoms with Crippen molar-refractivity contribution in [1.82, 2.24) is 0 Å². The molecule has 0 aromatic rings. The smallest absolute Gasteiger partial charge is 0.305 e. The Kier molecular flexibility index (Phi) is 5.01. The van der Waals surface area contributed by atoms with Gasteiger partial charge in [0.2, 0.25) is 0 Å². The lowest BCUT2D eigenvalue weighted by atomic mass is 9.91. The minimum Gasteiger partial charge on any atom is -0.465 e. The molecular weight excluding hydrogens is 339 g/mol. The first kappa shape index (κ1) is 13.5. The van der Waals surface area contributed by atoms with Crippen LogP contribution < -0.4 is 0 Å². The molecule has 2 fully saturated rings. The van der Waals surface area contributed by atoms with E-state index in [1.807, 2.05) is 0 Å². The molecule has 2 saturated heterocycles. The van der Waals surface area contributed by atoms with Crippen LogP contribution in [0.2, 0.25) is 0 Å². The molecule has 1 spiro atoms. The van der Waals surface area contributed by atoms with Crippen molar-refractivity contribution >= 4 is 28.6 Å². The van der Waals surface area contributed by atoms with Gasteiger partial charge in [0.25, 0.3) is 0 Å². The van der Waals surface area contributed by atoms with E-state index in [-0.39, 0.29) is 11.4 Å². The number of hydrogen-bond donors (Lipinski definition) is 0. The maximum absolute atomic E-state index is 11.5. The molecule has 0 aliphatic carbocycles. The molecule has 0 N–H and O–H groups in total. The second-order valence-corrected chi connectivity index (χ2v) is 6.39. The zero-order valence-corrected chi connectivity index (χ0v) is 11.8. The maximum Gasteiger partial charge on any atom is 0.305 e. The van der Waals surface area contributed by atoms with Gasteiger partial charge in [-0.2, -0.15) is 0 Å². The topological polar surface area (TPSA) is 54.0 Å². The molecule has 5 nitrogen and oxygen atoms in total. The van der Waals surface area contributed by atoms with Crippen molar-refractivity contribution in [3.63, 3.8) is 0 Å². The highest BCUT2D eigenvalue weighted by Gasteiger charge is 2.36. The third kappa shape index (κ3) is 4.04. The average molecular weight is 356 g/mol. The van der Waals surface area contributed by atoms with Gasteiger partial charge in [0.15, 0.2) is 0 Å². The van der Waals surface area contributed by atoms with Crippen molar-refractivity contribution in [3.8, 4) is 0 Å². The van der Waals surface area contributed by atoms with Crippen LogP contribution in [0.1, 0.15) is 12.8 Å². The van der Waals surface area contributed by atoms with Crippen LogP contribution in [0.5, 0.6) is 0 Å². The number of carbonyl (C=O) groups excluding carboxylic acids is 1. The van der Waals surface area contributed by atoms with Crippen molar-refractivity contribution in [3.05, 3.63) is 0 Å². The van der Waals surface area contributed by atoms with Gasteiger partial charge in [-0.15, -0.1) is 0 Å². The summed E-state index contributed by atoms with van der Waals surface area (Å²) in [5.74, 6) is -0.140. The maximum atomic E-state index is 11.5. The molecule has 0 amide bonds. The standard InChI is InChI=1S/C11H17IO5/c12-9-1-2-10(13)17-7-11(4-14-3-9)5-15-8-16-6-11/h9H,1-8H2. The van der Waals surface area contributed by atoms with Gasteiger partial charge in [-0.1, -0.05) is 22.6 Å². The quantitative estimate of drug-likeness (QED) is 0.370. The van der Waals surface area contributed by atoms with Crippen molar-refractivity contribution in [2.45, 2.75) is 16.8 Å². The van der Waals surface area contributed by atoms with Gasteiger partial charge in [0.1, 0.15) is 13.4 Å². The van der Waals surface area contributed by atoms with E-state index in [4.69, 9.17) is 18.9 Å².